The summed E-state index contributed by atoms with van der Waals surface area (Å²) in [4.78, 5) is 11.0. The molecule has 0 amide bonds. The Morgan fingerprint density at radius 2 is 0.559 bits per heavy atom. The molecule has 11 aromatic carbocycles. The van der Waals surface area contributed by atoms with Crippen LogP contribution >= 0.6 is 0 Å². The molecule has 0 spiro atoms. The van der Waals surface area contributed by atoms with Crippen molar-refractivity contribution in [3.05, 3.63) is 267 Å². The van der Waals surface area contributed by atoms with E-state index in [1.165, 1.54) is 44.5 Å². The van der Waals surface area contributed by atoms with Crippen molar-refractivity contribution in [2.45, 2.75) is 0 Å². The second-order valence-corrected chi connectivity index (χ2v) is 17.3. The Bertz CT molecular complexity index is 3750. The summed E-state index contributed by atoms with van der Waals surface area (Å²) >= 11 is 0. The van der Waals surface area contributed by atoms with Crippen LogP contribution in [0.1, 0.15) is 0 Å². The molecule has 0 atom stereocenters. The van der Waals surface area contributed by atoms with Gasteiger partial charge in [0.2, 0.25) is 0 Å². The Kier molecular flexibility index (Phi) is 10.6. The molecular weight excluding hydrogens is 821 g/mol. The van der Waals surface area contributed by atoms with Crippen LogP contribution in [0.3, 0.4) is 0 Å². The van der Waals surface area contributed by atoms with Gasteiger partial charge in [0.1, 0.15) is 0 Å². The minimum atomic E-state index is 0.688. The summed E-state index contributed by atoms with van der Waals surface area (Å²) in [5.74, 6) is 0.688. The molecule has 12 rings (SSSR count). The molecule has 0 unspecified atom stereocenters. The predicted octanol–water partition coefficient (Wildman–Crippen LogP) is 17.8. The Balaban J connectivity index is 0.936. The fourth-order valence-electron chi connectivity index (χ4n) is 9.57. The highest BCUT2D eigenvalue weighted by Crippen LogP contribution is 2.41. The zero-order chi connectivity index (χ0) is 45.2. The summed E-state index contributed by atoms with van der Waals surface area (Å²) in [5, 5.41) is 3.32. The van der Waals surface area contributed by atoms with Crippen LogP contribution in [0.2, 0.25) is 0 Å². The van der Waals surface area contributed by atoms with Crippen LogP contribution in [-0.2, 0) is 0 Å². The third-order valence-electron chi connectivity index (χ3n) is 13.1. The molecule has 0 saturated heterocycles. The number of hydrogen-bond donors (Lipinski definition) is 0. The summed E-state index contributed by atoms with van der Waals surface area (Å²) in [6, 6.07) is 95.5. The third kappa shape index (κ3) is 7.95. The first kappa shape index (κ1) is 40.5. The number of hydrogen-bond acceptors (Lipinski definition) is 2. The molecular formula is C66H44N2. The van der Waals surface area contributed by atoms with Crippen molar-refractivity contribution in [2.75, 3.05) is 0 Å². The van der Waals surface area contributed by atoms with Crippen LogP contribution in [0, 0.1) is 0 Å². The van der Waals surface area contributed by atoms with Gasteiger partial charge in [-0.1, -0.05) is 237 Å². The van der Waals surface area contributed by atoms with Gasteiger partial charge < -0.3 is 0 Å². The van der Waals surface area contributed by atoms with E-state index < -0.39 is 0 Å². The van der Waals surface area contributed by atoms with Crippen molar-refractivity contribution in [3.8, 4) is 101 Å². The molecule has 1 aromatic heterocycles. The van der Waals surface area contributed by atoms with Crippen LogP contribution < -0.4 is 0 Å². The average Bonchev–Trinajstić information content (AvgIpc) is 3.43. The number of benzene rings is 11. The first-order valence-electron chi connectivity index (χ1n) is 23.2. The fourth-order valence-corrected chi connectivity index (χ4v) is 9.57. The molecule has 0 saturated carbocycles. The smallest absolute Gasteiger partial charge is 0.160 e. The Morgan fingerprint density at radius 1 is 0.221 bits per heavy atom. The SMILES string of the molecule is c1ccc(-c2cccc(-c3cccc(-c4ccc(-c5nc(-c6ccc(-c7cccc(-c8cccc(-c9ccccc9)c8)c7)cc6)c6c(n5)c(-c5ccccc5)cc5ccccc56)cc4)c3)c2)cc1. The molecule has 0 N–H and O–H groups in total. The van der Waals surface area contributed by atoms with E-state index in [9.17, 15) is 0 Å². The maximum Gasteiger partial charge on any atom is 0.160 e. The Hall–Kier alpha value is -8.98. The van der Waals surface area contributed by atoms with E-state index in [1.54, 1.807) is 0 Å². The van der Waals surface area contributed by atoms with Gasteiger partial charge in [0, 0.05) is 22.1 Å². The van der Waals surface area contributed by atoms with Gasteiger partial charge in [0.25, 0.3) is 0 Å². The molecule has 318 valence electrons. The molecule has 2 nitrogen and oxygen atoms in total. The quantitative estimate of drug-likeness (QED) is 0.135. The van der Waals surface area contributed by atoms with Gasteiger partial charge in [-0.2, -0.15) is 0 Å². The van der Waals surface area contributed by atoms with Gasteiger partial charge in [-0.25, -0.2) is 9.97 Å². The molecule has 1 heterocycles. The van der Waals surface area contributed by atoms with Crippen molar-refractivity contribution in [1.82, 2.24) is 9.97 Å². The first-order valence-corrected chi connectivity index (χ1v) is 23.2. The topological polar surface area (TPSA) is 25.8 Å². The molecule has 2 heteroatoms. The second-order valence-electron chi connectivity index (χ2n) is 17.3. The minimum Gasteiger partial charge on any atom is -0.227 e. The maximum atomic E-state index is 5.49. The summed E-state index contributed by atoms with van der Waals surface area (Å²) in [5.41, 5.74) is 20.2. The van der Waals surface area contributed by atoms with E-state index >= 15 is 0 Å². The predicted molar refractivity (Wildman–Crippen MR) is 286 cm³/mol. The van der Waals surface area contributed by atoms with Gasteiger partial charge in [0.05, 0.1) is 11.2 Å². The zero-order valence-electron chi connectivity index (χ0n) is 37.3. The summed E-state index contributed by atoms with van der Waals surface area (Å²) in [6.45, 7) is 0. The zero-order valence-corrected chi connectivity index (χ0v) is 37.3. The van der Waals surface area contributed by atoms with Crippen LogP contribution in [0.25, 0.3) is 122 Å². The average molecular weight is 865 g/mol. The number of nitrogens with zero attached hydrogens (tertiary/aromatic N) is 2. The van der Waals surface area contributed by atoms with Gasteiger partial charge in [0.15, 0.2) is 5.82 Å². The van der Waals surface area contributed by atoms with Crippen LogP contribution in [0.15, 0.2) is 267 Å². The molecule has 0 bridgehead atoms. The van der Waals surface area contributed by atoms with Crippen molar-refractivity contribution < 1.29 is 0 Å². The van der Waals surface area contributed by atoms with Crippen LogP contribution in [-0.4, -0.2) is 9.97 Å². The number of aromatic nitrogens is 2. The molecule has 0 radical (unpaired) electrons. The summed E-state index contributed by atoms with van der Waals surface area (Å²) in [6.07, 6.45) is 0. The van der Waals surface area contributed by atoms with Gasteiger partial charge in [-0.3, -0.25) is 0 Å². The largest absolute Gasteiger partial charge is 0.227 e. The lowest BCUT2D eigenvalue weighted by molar-refractivity contribution is 1.23. The molecule has 0 aliphatic rings. The van der Waals surface area contributed by atoms with E-state index in [-0.39, 0.29) is 0 Å². The third-order valence-corrected chi connectivity index (χ3v) is 13.1. The van der Waals surface area contributed by atoms with E-state index in [1.807, 2.05) is 0 Å². The van der Waals surface area contributed by atoms with Crippen molar-refractivity contribution in [1.29, 1.82) is 0 Å². The highest BCUT2D eigenvalue weighted by atomic mass is 14.9. The summed E-state index contributed by atoms with van der Waals surface area (Å²) in [7, 11) is 0. The molecule has 0 aliphatic heterocycles. The van der Waals surface area contributed by atoms with Gasteiger partial charge in [-0.15, -0.1) is 0 Å². The lowest BCUT2D eigenvalue weighted by Crippen LogP contribution is -1.98. The Morgan fingerprint density at radius 3 is 1.01 bits per heavy atom. The highest BCUT2D eigenvalue weighted by molar-refractivity contribution is 6.17. The van der Waals surface area contributed by atoms with E-state index in [0.717, 1.165) is 71.9 Å². The van der Waals surface area contributed by atoms with E-state index in [2.05, 4.69) is 267 Å². The molecule has 12 aromatic rings. The Labute approximate surface area is 397 Å². The van der Waals surface area contributed by atoms with Crippen LogP contribution in [0.5, 0.6) is 0 Å². The monoisotopic (exact) mass is 864 g/mol. The maximum absolute atomic E-state index is 5.49. The summed E-state index contributed by atoms with van der Waals surface area (Å²) < 4.78 is 0. The van der Waals surface area contributed by atoms with Gasteiger partial charge in [-0.05, 0) is 113 Å². The molecule has 68 heavy (non-hydrogen) atoms. The minimum absolute atomic E-state index is 0.688. The standard InChI is InChI=1S/C66H44N2/c1-4-16-45(17-5-1)52-23-12-27-56(40-52)58-29-14-25-54(42-58)47-32-36-50(37-33-47)64-63-61-31-11-10-22-60(61)44-62(49-20-8-3-9-21-49)65(63)68-66(67-64)51-38-34-48(35-39-51)55-26-15-30-59(43-55)57-28-13-24-53(41-57)46-18-6-2-7-19-46/h1-44H. The van der Waals surface area contributed by atoms with E-state index in [4.69, 9.17) is 9.97 Å². The highest BCUT2D eigenvalue weighted by Gasteiger charge is 2.19. The molecule has 0 aliphatic carbocycles. The normalized spacial score (nSPS) is 11.2. The number of fused-ring (bicyclic) bond motifs is 3. The van der Waals surface area contributed by atoms with E-state index in [0.29, 0.717) is 5.82 Å². The van der Waals surface area contributed by atoms with Crippen molar-refractivity contribution in [3.63, 3.8) is 0 Å². The fraction of sp³-hybridized carbons (Fsp3) is 0. The number of rotatable bonds is 9. The van der Waals surface area contributed by atoms with Gasteiger partial charge >= 0.3 is 0 Å². The second kappa shape index (κ2) is 17.8. The molecule has 0 fully saturated rings. The van der Waals surface area contributed by atoms with Crippen molar-refractivity contribution in [2.24, 2.45) is 0 Å². The van der Waals surface area contributed by atoms with Crippen LogP contribution in [0.4, 0.5) is 0 Å². The first-order chi connectivity index (χ1) is 33.7. The van der Waals surface area contributed by atoms with Crippen molar-refractivity contribution >= 4 is 21.7 Å². The lowest BCUT2D eigenvalue weighted by atomic mass is 9.92. The lowest BCUT2D eigenvalue weighted by Gasteiger charge is -2.16.